The van der Waals surface area contributed by atoms with E-state index in [1.54, 1.807) is 23.6 Å². The number of nitrogens with one attached hydrogen (secondary N) is 1. The largest absolute Gasteiger partial charge is 0.463 e. The van der Waals surface area contributed by atoms with Gasteiger partial charge in [0.05, 0.1) is 7.11 Å². The highest BCUT2D eigenvalue weighted by molar-refractivity contribution is 7.09. The molecule has 6 heteroatoms. The highest BCUT2D eigenvalue weighted by atomic mass is 32.1. The Morgan fingerprint density at radius 2 is 2.37 bits per heavy atom. The number of aromatic nitrogens is 2. The fourth-order valence-corrected chi connectivity index (χ4v) is 2.50. The third-order valence-corrected chi connectivity index (χ3v) is 3.40. The Morgan fingerprint density at radius 3 is 3.05 bits per heavy atom. The second-order valence-electron chi connectivity index (χ2n) is 4.09. The van der Waals surface area contributed by atoms with Crippen molar-refractivity contribution in [2.75, 3.05) is 12.4 Å². The molecule has 1 unspecified atom stereocenters. The number of hydrogen-bond acceptors (Lipinski definition) is 6. The molecular formula is C13H15N3O2S. The molecule has 0 saturated heterocycles. The summed E-state index contributed by atoms with van der Waals surface area (Å²) in [5.41, 5.74) is 0. The molecule has 0 aliphatic heterocycles. The van der Waals surface area contributed by atoms with Crippen molar-refractivity contribution in [2.45, 2.75) is 19.4 Å². The first-order chi connectivity index (χ1) is 9.19. The molecule has 0 aromatic carbocycles. The Morgan fingerprint density at radius 1 is 1.53 bits per heavy atom. The predicted molar refractivity (Wildman–Crippen MR) is 74.5 cm³/mol. The Bertz CT molecular complexity index is 543. The minimum atomic E-state index is -0.533. The lowest BCUT2D eigenvalue weighted by Gasteiger charge is -2.13. The highest BCUT2D eigenvalue weighted by Gasteiger charge is 2.11. The SMILES string of the molecule is COC(=O)c1nccc(NC(C)Cc2cccs2)n1. The Kier molecular flexibility index (Phi) is 4.46. The van der Waals surface area contributed by atoms with E-state index in [1.165, 1.54) is 12.0 Å². The second-order valence-corrected chi connectivity index (χ2v) is 5.12. The van der Waals surface area contributed by atoms with Crippen LogP contribution in [-0.4, -0.2) is 29.1 Å². The molecule has 2 aromatic rings. The van der Waals surface area contributed by atoms with E-state index in [1.807, 2.05) is 6.07 Å². The van der Waals surface area contributed by atoms with Gasteiger partial charge in [0.1, 0.15) is 5.82 Å². The molecule has 19 heavy (non-hydrogen) atoms. The summed E-state index contributed by atoms with van der Waals surface area (Å²) in [5.74, 6) is 0.157. The molecule has 0 aliphatic rings. The number of rotatable bonds is 5. The molecule has 2 rings (SSSR count). The zero-order chi connectivity index (χ0) is 13.7. The van der Waals surface area contributed by atoms with Gasteiger partial charge in [-0.25, -0.2) is 14.8 Å². The molecule has 2 aromatic heterocycles. The van der Waals surface area contributed by atoms with E-state index in [2.05, 4.69) is 38.4 Å². The normalized spacial score (nSPS) is 11.9. The van der Waals surface area contributed by atoms with Gasteiger partial charge in [-0.3, -0.25) is 0 Å². The van der Waals surface area contributed by atoms with Crippen LogP contribution in [0, 0.1) is 0 Å². The topological polar surface area (TPSA) is 64.1 Å². The van der Waals surface area contributed by atoms with Crippen LogP contribution >= 0.6 is 11.3 Å². The number of esters is 1. The maximum absolute atomic E-state index is 11.3. The summed E-state index contributed by atoms with van der Waals surface area (Å²) in [6, 6.07) is 6.09. The van der Waals surface area contributed by atoms with Crippen molar-refractivity contribution in [3.63, 3.8) is 0 Å². The lowest BCUT2D eigenvalue weighted by molar-refractivity contribution is 0.0587. The zero-order valence-corrected chi connectivity index (χ0v) is 11.6. The van der Waals surface area contributed by atoms with Gasteiger partial charge < -0.3 is 10.1 Å². The molecule has 0 radical (unpaired) electrons. The first-order valence-electron chi connectivity index (χ1n) is 5.89. The maximum Gasteiger partial charge on any atom is 0.376 e. The van der Waals surface area contributed by atoms with Crippen molar-refractivity contribution in [1.29, 1.82) is 0 Å². The zero-order valence-electron chi connectivity index (χ0n) is 10.8. The standard InChI is InChI=1S/C13H15N3O2S/c1-9(8-10-4-3-7-19-10)15-11-5-6-14-12(16-11)13(17)18-2/h3-7,9H,8H2,1-2H3,(H,14,15,16). The average Bonchev–Trinajstić information content (AvgIpc) is 2.90. The third-order valence-electron chi connectivity index (χ3n) is 2.51. The molecule has 1 atom stereocenters. The first kappa shape index (κ1) is 13.5. The third kappa shape index (κ3) is 3.75. The Balaban J connectivity index is 2.00. The van der Waals surface area contributed by atoms with Crippen molar-refractivity contribution in [3.05, 3.63) is 40.5 Å². The summed E-state index contributed by atoms with van der Waals surface area (Å²) >= 11 is 1.73. The molecule has 2 heterocycles. The molecule has 0 amide bonds. The lowest BCUT2D eigenvalue weighted by Crippen LogP contribution is -2.19. The van der Waals surface area contributed by atoms with E-state index in [-0.39, 0.29) is 11.9 Å². The van der Waals surface area contributed by atoms with E-state index in [4.69, 9.17) is 0 Å². The van der Waals surface area contributed by atoms with Gasteiger partial charge in [-0.1, -0.05) is 6.07 Å². The van der Waals surface area contributed by atoms with Crippen LogP contribution in [0.4, 0.5) is 5.82 Å². The Hall–Kier alpha value is -1.95. The summed E-state index contributed by atoms with van der Waals surface area (Å²) in [4.78, 5) is 20.6. The van der Waals surface area contributed by atoms with Gasteiger partial charge in [-0.2, -0.15) is 0 Å². The molecule has 1 N–H and O–H groups in total. The summed E-state index contributed by atoms with van der Waals surface area (Å²) in [7, 11) is 1.31. The highest BCUT2D eigenvalue weighted by Crippen LogP contribution is 2.13. The lowest BCUT2D eigenvalue weighted by atomic mass is 10.2. The van der Waals surface area contributed by atoms with Crippen molar-refractivity contribution < 1.29 is 9.53 Å². The molecule has 5 nitrogen and oxygen atoms in total. The summed E-state index contributed by atoms with van der Waals surface area (Å²) in [6.07, 6.45) is 2.45. The van der Waals surface area contributed by atoms with Crippen LogP contribution in [0.1, 0.15) is 22.4 Å². The molecule has 0 saturated carbocycles. The summed E-state index contributed by atoms with van der Waals surface area (Å²) < 4.78 is 4.59. The van der Waals surface area contributed by atoms with Crippen molar-refractivity contribution >= 4 is 23.1 Å². The van der Waals surface area contributed by atoms with E-state index >= 15 is 0 Å². The minimum Gasteiger partial charge on any atom is -0.463 e. The molecular weight excluding hydrogens is 262 g/mol. The van der Waals surface area contributed by atoms with Crippen LogP contribution in [0.25, 0.3) is 0 Å². The van der Waals surface area contributed by atoms with Crippen molar-refractivity contribution in [1.82, 2.24) is 9.97 Å². The first-order valence-corrected chi connectivity index (χ1v) is 6.77. The number of carbonyl (C=O) groups is 1. The van der Waals surface area contributed by atoms with E-state index in [9.17, 15) is 4.79 Å². The summed E-state index contributed by atoms with van der Waals surface area (Å²) in [5, 5.41) is 5.30. The molecule has 100 valence electrons. The minimum absolute atomic E-state index is 0.0656. The van der Waals surface area contributed by atoms with Crippen molar-refractivity contribution in [2.24, 2.45) is 0 Å². The Labute approximate surface area is 115 Å². The van der Waals surface area contributed by atoms with Crippen molar-refractivity contribution in [3.8, 4) is 0 Å². The van der Waals surface area contributed by atoms with Gasteiger partial charge in [0, 0.05) is 23.5 Å². The molecule has 0 fully saturated rings. The quantitative estimate of drug-likeness (QED) is 0.850. The van der Waals surface area contributed by atoms with E-state index in [0.717, 1.165) is 6.42 Å². The van der Waals surface area contributed by atoms with Crippen LogP contribution in [0.2, 0.25) is 0 Å². The number of anilines is 1. The molecule has 0 aliphatic carbocycles. The fourth-order valence-electron chi connectivity index (χ4n) is 1.66. The number of hydrogen-bond donors (Lipinski definition) is 1. The van der Waals surface area contributed by atoms with Gasteiger partial charge in [0.2, 0.25) is 5.82 Å². The van der Waals surface area contributed by atoms with Crippen LogP contribution < -0.4 is 5.32 Å². The van der Waals surface area contributed by atoms with E-state index in [0.29, 0.717) is 5.82 Å². The van der Waals surface area contributed by atoms with Gasteiger partial charge >= 0.3 is 5.97 Å². The van der Waals surface area contributed by atoms with Crippen LogP contribution in [-0.2, 0) is 11.2 Å². The fraction of sp³-hybridized carbons (Fsp3) is 0.308. The predicted octanol–water partition coefficient (Wildman–Crippen LogP) is 2.37. The smallest absolute Gasteiger partial charge is 0.376 e. The van der Waals surface area contributed by atoms with Gasteiger partial charge in [0.25, 0.3) is 0 Å². The number of thiophene rings is 1. The van der Waals surface area contributed by atoms with Crippen LogP contribution in [0.3, 0.4) is 0 Å². The van der Waals surface area contributed by atoms with Crippen LogP contribution in [0.5, 0.6) is 0 Å². The second kappa shape index (κ2) is 6.29. The van der Waals surface area contributed by atoms with Gasteiger partial charge in [-0.05, 0) is 24.4 Å². The summed E-state index contributed by atoms with van der Waals surface area (Å²) in [6.45, 7) is 2.07. The number of ether oxygens (including phenoxy) is 1. The number of carbonyl (C=O) groups excluding carboxylic acids is 1. The maximum atomic E-state index is 11.3. The average molecular weight is 277 g/mol. The van der Waals surface area contributed by atoms with Crippen LogP contribution in [0.15, 0.2) is 29.8 Å². The molecule has 0 bridgehead atoms. The van der Waals surface area contributed by atoms with E-state index < -0.39 is 5.97 Å². The monoisotopic (exact) mass is 277 g/mol. The molecule has 0 spiro atoms. The number of nitrogens with zero attached hydrogens (tertiary/aromatic N) is 2. The van der Waals surface area contributed by atoms with Gasteiger partial charge in [0.15, 0.2) is 0 Å². The van der Waals surface area contributed by atoms with Gasteiger partial charge in [-0.15, -0.1) is 11.3 Å². The number of methoxy groups -OCH3 is 1.